The lowest BCUT2D eigenvalue weighted by Gasteiger charge is -2.02. The van der Waals surface area contributed by atoms with Crippen molar-refractivity contribution in [2.75, 3.05) is 5.88 Å². The molecule has 1 rings (SSSR count). The SMILES string of the molecule is N#CC1=C(NC(=O)CCl)CCC1. The van der Waals surface area contributed by atoms with Gasteiger partial charge in [0.25, 0.3) is 0 Å². The van der Waals surface area contributed by atoms with E-state index in [1.807, 2.05) is 0 Å². The molecule has 1 aliphatic carbocycles. The number of hydrogen-bond acceptors (Lipinski definition) is 2. The van der Waals surface area contributed by atoms with Crippen molar-refractivity contribution >= 4 is 17.5 Å². The summed E-state index contributed by atoms with van der Waals surface area (Å²) >= 11 is 5.30. The summed E-state index contributed by atoms with van der Waals surface area (Å²) in [4.78, 5) is 10.8. The maximum absolute atomic E-state index is 10.8. The molecular formula is C8H9ClN2O. The fraction of sp³-hybridized carbons (Fsp3) is 0.500. The van der Waals surface area contributed by atoms with Gasteiger partial charge in [-0.05, 0) is 19.3 Å². The Morgan fingerprint density at radius 3 is 3.00 bits per heavy atom. The van der Waals surface area contributed by atoms with E-state index < -0.39 is 0 Å². The van der Waals surface area contributed by atoms with Crippen LogP contribution in [0.5, 0.6) is 0 Å². The van der Waals surface area contributed by atoms with E-state index in [1.165, 1.54) is 0 Å². The van der Waals surface area contributed by atoms with Crippen molar-refractivity contribution in [3.05, 3.63) is 11.3 Å². The van der Waals surface area contributed by atoms with Crippen molar-refractivity contribution in [2.24, 2.45) is 0 Å². The van der Waals surface area contributed by atoms with Crippen molar-refractivity contribution in [2.45, 2.75) is 19.3 Å². The number of carbonyl (C=O) groups is 1. The van der Waals surface area contributed by atoms with Gasteiger partial charge in [-0.3, -0.25) is 4.79 Å². The first kappa shape index (κ1) is 9.08. The third kappa shape index (κ3) is 1.99. The quantitative estimate of drug-likeness (QED) is 0.658. The molecule has 0 unspecified atom stereocenters. The number of hydrogen-bond donors (Lipinski definition) is 1. The highest BCUT2D eigenvalue weighted by atomic mass is 35.5. The van der Waals surface area contributed by atoms with Crippen molar-refractivity contribution in [1.82, 2.24) is 5.32 Å². The van der Waals surface area contributed by atoms with Crippen LogP contribution in [0.2, 0.25) is 0 Å². The van der Waals surface area contributed by atoms with Gasteiger partial charge in [0, 0.05) is 11.3 Å². The second-order valence-corrected chi connectivity index (χ2v) is 2.87. The Bertz CT molecular complexity index is 265. The molecule has 0 atom stereocenters. The van der Waals surface area contributed by atoms with Crippen molar-refractivity contribution in [1.29, 1.82) is 5.26 Å². The van der Waals surface area contributed by atoms with Gasteiger partial charge >= 0.3 is 0 Å². The molecule has 3 nitrogen and oxygen atoms in total. The van der Waals surface area contributed by atoms with E-state index in [4.69, 9.17) is 16.9 Å². The van der Waals surface area contributed by atoms with Gasteiger partial charge in [0.15, 0.2) is 0 Å². The predicted octanol–water partition coefficient (Wildman–Crippen LogP) is 1.30. The second-order valence-electron chi connectivity index (χ2n) is 2.60. The van der Waals surface area contributed by atoms with Crippen molar-refractivity contribution < 1.29 is 4.79 Å². The van der Waals surface area contributed by atoms with Crippen molar-refractivity contribution in [3.8, 4) is 6.07 Å². The zero-order valence-electron chi connectivity index (χ0n) is 6.56. The molecule has 12 heavy (non-hydrogen) atoms. The minimum atomic E-state index is -0.235. The van der Waals surface area contributed by atoms with Crippen LogP contribution in [-0.4, -0.2) is 11.8 Å². The molecule has 0 aromatic rings. The average molecular weight is 185 g/mol. The number of allylic oxidation sites excluding steroid dienone is 2. The number of halogens is 1. The molecule has 4 heteroatoms. The van der Waals surface area contributed by atoms with E-state index in [1.54, 1.807) is 0 Å². The fourth-order valence-electron chi connectivity index (χ4n) is 1.21. The number of nitriles is 1. The summed E-state index contributed by atoms with van der Waals surface area (Å²) in [5, 5.41) is 11.2. The second kappa shape index (κ2) is 4.13. The highest BCUT2D eigenvalue weighted by molar-refractivity contribution is 6.27. The van der Waals surface area contributed by atoms with Gasteiger partial charge in [-0.1, -0.05) is 0 Å². The first-order chi connectivity index (χ1) is 5.77. The summed E-state index contributed by atoms with van der Waals surface area (Å²) in [5.74, 6) is -0.288. The molecule has 0 aliphatic heterocycles. The molecular weight excluding hydrogens is 176 g/mol. The Morgan fingerprint density at radius 1 is 1.67 bits per heavy atom. The van der Waals surface area contributed by atoms with E-state index in [0.29, 0.717) is 5.57 Å². The summed E-state index contributed by atoms with van der Waals surface area (Å²) in [6, 6.07) is 2.07. The molecule has 0 aromatic heterocycles. The lowest BCUT2D eigenvalue weighted by molar-refractivity contribution is -0.118. The van der Waals surface area contributed by atoms with Gasteiger partial charge < -0.3 is 5.32 Å². The van der Waals surface area contributed by atoms with Crippen LogP contribution >= 0.6 is 11.6 Å². The van der Waals surface area contributed by atoms with E-state index in [0.717, 1.165) is 25.0 Å². The number of nitrogens with one attached hydrogen (secondary N) is 1. The topological polar surface area (TPSA) is 52.9 Å². The van der Waals surface area contributed by atoms with Crippen LogP contribution in [0.1, 0.15) is 19.3 Å². The lowest BCUT2D eigenvalue weighted by Crippen LogP contribution is -2.23. The third-order valence-corrected chi connectivity index (χ3v) is 2.01. The van der Waals surface area contributed by atoms with Crippen LogP contribution in [0, 0.1) is 11.3 Å². The van der Waals surface area contributed by atoms with Crippen LogP contribution in [0.3, 0.4) is 0 Å². The Hall–Kier alpha value is -1.01. The number of rotatable bonds is 2. The van der Waals surface area contributed by atoms with E-state index in [-0.39, 0.29) is 11.8 Å². The molecule has 1 N–H and O–H groups in total. The molecule has 0 saturated heterocycles. The molecule has 0 aromatic carbocycles. The summed E-state index contributed by atoms with van der Waals surface area (Å²) in [6.07, 6.45) is 2.50. The molecule has 64 valence electrons. The molecule has 1 amide bonds. The van der Waals surface area contributed by atoms with Gasteiger partial charge in [-0.25, -0.2) is 0 Å². The van der Waals surface area contributed by atoms with Gasteiger partial charge in [0.05, 0.1) is 6.07 Å². The predicted molar refractivity (Wildman–Crippen MR) is 45.4 cm³/mol. The molecule has 0 spiro atoms. The average Bonchev–Trinajstić information content (AvgIpc) is 2.51. The largest absolute Gasteiger partial charge is 0.328 e. The van der Waals surface area contributed by atoms with Gasteiger partial charge in [0.2, 0.25) is 5.91 Å². The molecule has 0 fully saturated rings. The standard InChI is InChI=1S/C8H9ClN2O/c9-4-8(12)11-7-3-1-2-6(7)5-10/h1-4H2,(H,11,12). The van der Waals surface area contributed by atoms with Crippen molar-refractivity contribution in [3.63, 3.8) is 0 Å². The van der Waals surface area contributed by atoms with E-state index >= 15 is 0 Å². The lowest BCUT2D eigenvalue weighted by atomic mass is 10.2. The smallest absolute Gasteiger partial charge is 0.239 e. The highest BCUT2D eigenvalue weighted by Crippen LogP contribution is 2.22. The van der Waals surface area contributed by atoms with E-state index in [2.05, 4.69) is 11.4 Å². The maximum atomic E-state index is 10.8. The third-order valence-electron chi connectivity index (χ3n) is 1.76. The summed E-state index contributed by atoms with van der Waals surface area (Å²) in [6.45, 7) is 0. The first-order valence-corrected chi connectivity index (χ1v) is 4.29. The van der Waals surface area contributed by atoms with Gasteiger partial charge in [-0.15, -0.1) is 11.6 Å². The summed E-state index contributed by atoms with van der Waals surface area (Å²) < 4.78 is 0. The number of carbonyl (C=O) groups excluding carboxylic acids is 1. The Morgan fingerprint density at radius 2 is 2.42 bits per heavy atom. The first-order valence-electron chi connectivity index (χ1n) is 3.76. The Kier molecular flexibility index (Phi) is 3.12. The van der Waals surface area contributed by atoms with Crippen LogP contribution in [0.25, 0.3) is 0 Å². The molecule has 0 bridgehead atoms. The summed E-state index contributed by atoms with van der Waals surface area (Å²) in [7, 11) is 0. The Labute approximate surface area is 76.0 Å². The molecule has 0 heterocycles. The van der Waals surface area contributed by atoms with Crippen LogP contribution in [0.15, 0.2) is 11.3 Å². The number of nitrogens with zero attached hydrogens (tertiary/aromatic N) is 1. The Balaban J connectivity index is 2.62. The van der Waals surface area contributed by atoms with E-state index in [9.17, 15) is 4.79 Å². The van der Waals surface area contributed by atoms with Crippen LogP contribution in [-0.2, 0) is 4.79 Å². The maximum Gasteiger partial charge on any atom is 0.239 e. The normalized spacial score (nSPS) is 16.0. The monoisotopic (exact) mass is 184 g/mol. The molecule has 1 aliphatic rings. The minimum Gasteiger partial charge on any atom is -0.328 e. The highest BCUT2D eigenvalue weighted by Gasteiger charge is 2.15. The minimum absolute atomic E-state index is 0.0534. The number of alkyl halides is 1. The van der Waals surface area contributed by atoms with Gasteiger partial charge in [-0.2, -0.15) is 5.26 Å². The number of amides is 1. The fourth-order valence-corrected chi connectivity index (χ4v) is 1.27. The molecule has 0 saturated carbocycles. The van der Waals surface area contributed by atoms with Crippen LogP contribution < -0.4 is 5.32 Å². The summed E-state index contributed by atoms with van der Waals surface area (Å²) in [5.41, 5.74) is 1.44. The van der Waals surface area contributed by atoms with Crippen LogP contribution in [0.4, 0.5) is 0 Å². The van der Waals surface area contributed by atoms with Gasteiger partial charge in [0.1, 0.15) is 5.88 Å². The zero-order valence-corrected chi connectivity index (χ0v) is 7.32. The molecule has 0 radical (unpaired) electrons. The zero-order chi connectivity index (χ0) is 8.97.